The van der Waals surface area contributed by atoms with E-state index in [-0.39, 0.29) is 16.7 Å². The van der Waals surface area contributed by atoms with Crippen LogP contribution in [0.15, 0.2) is 28.7 Å². The highest BCUT2D eigenvalue weighted by molar-refractivity contribution is 5.83. The second-order valence-corrected chi connectivity index (χ2v) is 5.39. The first kappa shape index (κ1) is 13.5. The number of benzene rings is 1. The van der Waals surface area contributed by atoms with Crippen molar-refractivity contribution >= 4 is 11.0 Å². The van der Waals surface area contributed by atoms with Crippen molar-refractivity contribution in [1.29, 1.82) is 0 Å². The highest BCUT2D eigenvalue weighted by atomic mass is 19.4. The zero-order chi connectivity index (χ0) is 14.4. The lowest BCUT2D eigenvalue weighted by molar-refractivity contribution is -0.142. The third-order valence-corrected chi connectivity index (χ3v) is 3.98. The number of hydrogen-bond donors (Lipinski definition) is 1. The number of fused-ring (bicyclic) bond motifs is 1. The molecule has 2 nitrogen and oxygen atoms in total. The van der Waals surface area contributed by atoms with E-state index in [4.69, 9.17) is 4.42 Å². The summed E-state index contributed by atoms with van der Waals surface area (Å²) in [4.78, 5) is 0. The van der Waals surface area contributed by atoms with Crippen molar-refractivity contribution in [1.82, 2.24) is 0 Å². The summed E-state index contributed by atoms with van der Waals surface area (Å²) >= 11 is 0. The van der Waals surface area contributed by atoms with Crippen LogP contribution in [0.4, 0.5) is 13.2 Å². The van der Waals surface area contributed by atoms with Crippen LogP contribution in [0.25, 0.3) is 11.0 Å². The molecule has 3 rings (SSSR count). The quantitative estimate of drug-likeness (QED) is 0.830. The Morgan fingerprint density at radius 3 is 2.35 bits per heavy atom. The van der Waals surface area contributed by atoms with E-state index >= 15 is 0 Å². The molecule has 0 bridgehead atoms. The molecular weight excluding hydrogens is 269 g/mol. The maximum Gasteiger partial charge on any atom is 0.420 e. The van der Waals surface area contributed by atoms with Crippen molar-refractivity contribution in [2.75, 3.05) is 0 Å². The highest BCUT2D eigenvalue weighted by Gasteiger charge is 2.46. The van der Waals surface area contributed by atoms with Crippen molar-refractivity contribution in [3.8, 4) is 0 Å². The van der Waals surface area contributed by atoms with Crippen molar-refractivity contribution in [2.45, 2.75) is 43.9 Å². The fourth-order valence-corrected chi connectivity index (χ4v) is 3.02. The van der Waals surface area contributed by atoms with Crippen molar-refractivity contribution in [3.05, 3.63) is 35.6 Å². The Bertz CT molecular complexity index is 622. The summed E-state index contributed by atoms with van der Waals surface area (Å²) in [5, 5.41) is 10.6. The summed E-state index contributed by atoms with van der Waals surface area (Å²) in [5.41, 5.74) is -2.14. The van der Waals surface area contributed by atoms with Gasteiger partial charge in [0.25, 0.3) is 0 Å². The minimum absolute atomic E-state index is 0.0222. The summed E-state index contributed by atoms with van der Waals surface area (Å²) < 4.78 is 45.5. The molecule has 5 heteroatoms. The van der Waals surface area contributed by atoms with Crippen LogP contribution in [-0.2, 0) is 11.8 Å². The van der Waals surface area contributed by atoms with Crippen LogP contribution >= 0.6 is 0 Å². The van der Waals surface area contributed by atoms with Gasteiger partial charge in [-0.15, -0.1) is 0 Å². The first-order valence-electron chi connectivity index (χ1n) is 6.73. The smallest absolute Gasteiger partial charge is 0.420 e. The molecule has 2 aromatic rings. The predicted octanol–water partition coefficient (Wildman–Crippen LogP) is 4.60. The molecule has 1 N–H and O–H groups in total. The Hall–Kier alpha value is -1.49. The van der Waals surface area contributed by atoms with Crippen LogP contribution in [-0.4, -0.2) is 5.11 Å². The number of furan rings is 1. The summed E-state index contributed by atoms with van der Waals surface area (Å²) in [5.74, 6) is -0.314. The summed E-state index contributed by atoms with van der Waals surface area (Å²) in [6.07, 6.45) is -1.54. The van der Waals surface area contributed by atoms with Crippen molar-refractivity contribution in [2.24, 2.45) is 0 Å². The molecule has 0 radical (unpaired) electrons. The van der Waals surface area contributed by atoms with Gasteiger partial charge in [0.1, 0.15) is 22.5 Å². The maximum atomic E-state index is 13.4. The third kappa shape index (κ3) is 2.10. The third-order valence-electron chi connectivity index (χ3n) is 3.98. The summed E-state index contributed by atoms with van der Waals surface area (Å²) in [6, 6.07) is 6.06. The minimum atomic E-state index is -4.53. The topological polar surface area (TPSA) is 33.4 Å². The molecule has 0 spiro atoms. The Kier molecular flexibility index (Phi) is 3.05. The average molecular weight is 284 g/mol. The van der Waals surface area contributed by atoms with Gasteiger partial charge in [-0.1, -0.05) is 37.5 Å². The Morgan fingerprint density at radius 2 is 1.70 bits per heavy atom. The number of hydrogen-bond acceptors (Lipinski definition) is 2. The van der Waals surface area contributed by atoms with E-state index in [1.807, 2.05) is 0 Å². The second-order valence-electron chi connectivity index (χ2n) is 5.39. The molecule has 1 aromatic heterocycles. The molecule has 1 saturated carbocycles. The van der Waals surface area contributed by atoms with Gasteiger partial charge < -0.3 is 9.52 Å². The van der Waals surface area contributed by atoms with E-state index in [9.17, 15) is 18.3 Å². The van der Waals surface area contributed by atoms with Crippen molar-refractivity contribution < 1.29 is 22.7 Å². The molecule has 0 amide bonds. The predicted molar refractivity (Wildman–Crippen MR) is 68.2 cm³/mol. The molecule has 1 aliphatic carbocycles. The molecule has 0 atom stereocenters. The first-order chi connectivity index (χ1) is 9.42. The molecule has 1 aromatic carbocycles. The van der Waals surface area contributed by atoms with Gasteiger partial charge in [-0.3, -0.25) is 0 Å². The van der Waals surface area contributed by atoms with Crippen LogP contribution in [0.3, 0.4) is 0 Å². The zero-order valence-corrected chi connectivity index (χ0v) is 10.8. The zero-order valence-electron chi connectivity index (χ0n) is 10.8. The summed E-state index contributed by atoms with van der Waals surface area (Å²) in [7, 11) is 0. The van der Waals surface area contributed by atoms with Gasteiger partial charge in [0.05, 0.1) is 0 Å². The molecule has 108 valence electrons. The van der Waals surface area contributed by atoms with E-state index in [1.54, 1.807) is 12.1 Å². The number of aliphatic hydroxyl groups is 1. The van der Waals surface area contributed by atoms with Gasteiger partial charge in [0.15, 0.2) is 0 Å². The van der Waals surface area contributed by atoms with Gasteiger partial charge in [-0.2, -0.15) is 13.2 Å². The largest absolute Gasteiger partial charge is 0.457 e. The minimum Gasteiger partial charge on any atom is -0.457 e. The van der Waals surface area contributed by atoms with Crippen LogP contribution in [0.5, 0.6) is 0 Å². The fourth-order valence-electron chi connectivity index (χ4n) is 3.02. The fraction of sp³-hybridized carbons (Fsp3) is 0.467. The van der Waals surface area contributed by atoms with Crippen LogP contribution in [0.2, 0.25) is 0 Å². The van der Waals surface area contributed by atoms with Gasteiger partial charge in [-0.25, -0.2) is 0 Å². The Morgan fingerprint density at radius 1 is 1.05 bits per heavy atom. The molecule has 0 unspecified atom stereocenters. The Balaban J connectivity index is 2.24. The number of halogens is 3. The molecule has 1 heterocycles. The molecule has 20 heavy (non-hydrogen) atoms. The normalized spacial score (nSPS) is 19.4. The number of rotatable bonds is 1. The highest BCUT2D eigenvalue weighted by Crippen LogP contribution is 2.47. The van der Waals surface area contributed by atoms with E-state index < -0.39 is 17.3 Å². The molecule has 1 fully saturated rings. The second kappa shape index (κ2) is 4.52. The lowest BCUT2D eigenvalue weighted by Gasteiger charge is -2.31. The standard InChI is InChI=1S/C15H15F3O2/c16-15(17,18)12-10-6-2-3-7-11(10)20-13(12)14(19)8-4-1-5-9-14/h2-3,6-7,19H,1,4-5,8-9H2. The van der Waals surface area contributed by atoms with Crippen molar-refractivity contribution in [3.63, 3.8) is 0 Å². The Labute approximate surface area is 114 Å². The molecule has 0 aliphatic heterocycles. The van der Waals surface area contributed by atoms with Crippen LogP contribution in [0.1, 0.15) is 43.4 Å². The van der Waals surface area contributed by atoms with E-state index in [2.05, 4.69) is 0 Å². The van der Waals surface area contributed by atoms with E-state index in [0.717, 1.165) is 6.42 Å². The molecule has 0 saturated heterocycles. The van der Waals surface area contributed by atoms with E-state index in [0.29, 0.717) is 25.7 Å². The lowest BCUT2D eigenvalue weighted by Crippen LogP contribution is -2.30. The average Bonchev–Trinajstić information content (AvgIpc) is 2.79. The maximum absolute atomic E-state index is 13.4. The van der Waals surface area contributed by atoms with Gasteiger partial charge >= 0.3 is 6.18 Å². The van der Waals surface area contributed by atoms with Gasteiger partial charge in [0.2, 0.25) is 0 Å². The van der Waals surface area contributed by atoms with Gasteiger partial charge in [0, 0.05) is 5.39 Å². The van der Waals surface area contributed by atoms with Crippen LogP contribution < -0.4 is 0 Å². The first-order valence-corrected chi connectivity index (χ1v) is 6.73. The monoisotopic (exact) mass is 284 g/mol. The van der Waals surface area contributed by atoms with E-state index in [1.165, 1.54) is 12.1 Å². The van der Waals surface area contributed by atoms with Gasteiger partial charge in [-0.05, 0) is 18.9 Å². The lowest BCUT2D eigenvalue weighted by atomic mass is 9.81. The molecule has 1 aliphatic rings. The van der Waals surface area contributed by atoms with Crippen LogP contribution in [0, 0.1) is 0 Å². The number of para-hydroxylation sites is 1. The molecular formula is C15H15F3O2. The summed E-state index contributed by atoms with van der Waals surface area (Å²) in [6.45, 7) is 0. The SMILES string of the molecule is OC1(c2oc3ccccc3c2C(F)(F)F)CCCCC1. The number of alkyl halides is 3.